The van der Waals surface area contributed by atoms with E-state index >= 15 is 0 Å². The number of hydrogen-bond acceptors (Lipinski definition) is 2. The fourth-order valence-corrected chi connectivity index (χ4v) is 1.85. The molecule has 1 unspecified atom stereocenters. The van der Waals surface area contributed by atoms with E-state index in [0.29, 0.717) is 12.1 Å². The highest BCUT2D eigenvalue weighted by Crippen LogP contribution is 2.31. The van der Waals surface area contributed by atoms with E-state index in [1.54, 1.807) is 0 Å². The SMILES string of the molecule is COC(=O)C(Br)Cc1cc(C(F)(F)F)ccc1F. The zero-order valence-corrected chi connectivity index (χ0v) is 10.8. The van der Waals surface area contributed by atoms with E-state index in [2.05, 4.69) is 20.7 Å². The highest BCUT2D eigenvalue weighted by atomic mass is 79.9. The summed E-state index contributed by atoms with van der Waals surface area (Å²) in [4.78, 5) is 10.2. The summed E-state index contributed by atoms with van der Waals surface area (Å²) in [5.74, 6) is -1.47. The van der Waals surface area contributed by atoms with Crippen LogP contribution in [-0.2, 0) is 22.1 Å². The predicted octanol–water partition coefficient (Wildman–Crippen LogP) is 3.32. The van der Waals surface area contributed by atoms with Gasteiger partial charge in [-0.15, -0.1) is 0 Å². The molecule has 0 heterocycles. The average molecular weight is 329 g/mol. The third-order valence-electron chi connectivity index (χ3n) is 2.23. The van der Waals surface area contributed by atoms with Gasteiger partial charge in [0.05, 0.1) is 12.7 Å². The minimum Gasteiger partial charge on any atom is -0.468 e. The lowest BCUT2D eigenvalue weighted by Gasteiger charge is -2.11. The summed E-state index contributed by atoms with van der Waals surface area (Å²) in [6.45, 7) is 0. The maximum Gasteiger partial charge on any atom is 0.416 e. The molecule has 0 saturated heterocycles. The monoisotopic (exact) mass is 328 g/mol. The Morgan fingerprint density at radius 2 is 2.06 bits per heavy atom. The van der Waals surface area contributed by atoms with Crippen LogP contribution in [0.2, 0.25) is 0 Å². The van der Waals surface area contributed by atoms with Gasteiger partial charge in [0.1, 0.15) is 10.6 Å². The molecule has 2 nitrogen and oxygen atoms in total. The molecule has 0 bridgehead atoms. The van der Waals surface area contributed by atoms with E-state index in [-0.39, 0.29) is 12.0 Å². The number of halogens is 5. The fourth-order valence-electron chi connectivity index (χ4n) is 1.31. The van der Waals surface area contributed by atoms with Crippen LogP contribution in [0.5, 0.6) is 0 Å². The van der Waals surface area contributed by atoms with Crippen LogP contribution < -0.4 is 0 Å². The van der Waals surface area contributed by atoms with Crippen LogP contribution in [0.4, 0.5) is 17.6 Å². The molecule has 0 radical (unpaired) electrons. The van der Waals surface area contributed by atoms with Crippen LogP contribution >= 0.6 is 15.9 Å². The lowest BCUT2D eigenvalue weighted by atomic mass is 10.1. The highest BCUT2D eigenvalue weighted by molar-refractivity contribution is 9.10. The fraction of sp³-hybridized carbons (Fsp3) is 0.364. The van der Waals surface area contributed by atoms with Crippen molar-refractivity contribution in [1.82, 2.24) is 0 Å². The first-order chi connectivity index (χ1) is 8.25. The molecule has 1 aromatic carbocycles. The molecule has 0 aromatic heterocycles. The molecule has 0 aliphatic carbocycles. The second-order valence-corrected chi connectivity index (χ2v) is 4.60. The van der Waals surface area contributed by atoms with Gasteiger partial charge < -0.3 is 4.74 Å². The van der Waals surface area contributed by atoms with Crippen molar-refractivity contribution in [3.63, 3.8) is 0 Å². The van der Waals surface area contributed by atoms with Gasteiger partial charge in [-0.3, -0.25) is 4.79 Å². The smallest absolute Gasteiger partial charge is 0.416 e. The van der Waals surface area contributed by atoms with Crippen LogP contribution in [0, 0.1) is 5.82 Å². The van der Waals surface area contributed by atoms with Gasteiger partial charge >= 0.3 is 12.1 Å². The number of esters is 1. The number of ether oxygens (including phenoxy) is 1. The molecule has 1 aromatic rings. The van der Waals surface area contributed by atoms with Crippen molar-refractivity contribution in [2.45, 2.75) is 17.4 Å². The third kappa shape index (κ3) is 3.69. The molecule has 0 spiro atoms. The van der Waals surface area contributed by atoms with Gasteiger partial charge in [-0.1, -0.05) is 15.9 Å². The Morgan fingerprint density at radius 1 is 1.44 bits per heavy atom. The predicted molar refractivity (Wildman–Crippen MR) is 59.8 cm³/mol. The van der Waals surface area contributed by atoms with Crippen molar-refractivity contribution in [2.75, 3.05) is 7.11 Å². The zero-order chi connectivity index (χ0) is 13.9. The molecular weight excluding hydrogens is 320 g/mol. The van der Waals surface area contributed by atoms with E-state index in [4.69, 9.17) is 0 Å². The van der Waals surface area contributed by atoms with Crippen molar-refractivity contribution in [2.24, 2.45) is 0 Å². The van der Waals surface area contributed by atoms with Crippen LogP contribution in [-0.4, -0.2) is 17.9 Å². The van der Waals surface area contributed by atoms with Crippen LogP contribution in [0.15, 0.2) is 18.2 Å². The van der Waals surface area contributed by atoms with Crippen molar-refractivity contribution in [3.05, 3.63) is 35.1 Å². The number of carbonyl (C=O) groups excluding carboxylic acids is 1. The quantitative estimate of drug-likeness (QED) is 0.483. The van der Waals surface area contributed by atoms with Crippen LogP contribution in [0.1, 0.15) is 11.1 Å². The normalized spacial score (nSPS) is 13.2. The Balaban J connectivity index is 2.98. The van der Waals surface area contributed by atoms with Crippen LogP contribution in [0.3, 0.4) is 0 Å². The van der Waals surface area contributed by atoms with E-state index in [9.17, 15) is 22.4 Å². The molecule has 7 heteroatoms. The Morgan fingerprint density at radius 3 is 2.56 bits per heavy atom. The molecule has 1 atom stereocenters. The summed E-state index contributed by atoms with van der Waals surface area (Å²) in [5, 5.41) is 0. The zero-order valence-electron chi connectivity index (χ0n) is 9.22. The van der Waals surface area contributed by atoms with Crippen molar-refractivity contribution >= 4 is 21.9 Å². The molecule has 0 aliphatic heterocycles. The van der Waals surface area contributed by atoms with Crippen LogP contribution in [0.25, 0.3) is 0 Å². The molecule has 0 saturated carbocycles. The number of hydrogen-bond donors (Lipinski definition) is 0. The summed E-state index contributed by atoms with van der Waals surface area (Å²) in [5.41, 5.74) is -1.15. The molecule has 0 aliphatic rings. The molecule has 100 valence electrons. The second kappa shape index (κ2) is 5.69. The van der Waals surface area contributed by atoms with Gasteiger partial charge in [-0.05, 0) is 30.2 Å². The van der Waals surface area contributed by atoms with Gasteiger partial charge in [0.15, 0.2) is 0 Å². The Labute approximate surface area is 109 Å². The lowest BCUT2D eigenvalue weighted by molar-refractivity contribution is -0.139. The molecule has 1 rings (SSSR count). The number of methoxy groups -OCH3 is 1. The average Bonchev–Trinajstić information content (AvgIpc) is 2.29. The summed E-state index contributed by atoms with van der Waals surface area (Å²) >= 11 is 2.93. The van der Waals surface area contributed by atoms with E-state index in [0.717, 1.165) is 13.2 Å². The number of benzene rings is 1. The Bertz CT molecular complexity index is 445. The summed E-state index contributed by atoms with van der Waals surface area (Å²) < 4.78 is 55.0. The van der Waals surface area contributed by atoms with Gasteiger partial charge in [-0.25, -0.2) is 4.39 Å². The van der Waals surface area contributed by atoms with Crippen molar-refractivity contribution in [3.8, 4) is 0 Å². The molecule has 18 heavy (non-hydrogen) atoms. The minimum absolute atomic E-state index is 0.197. The molecule has 0 amide bonds. The minimum atomic E-state index is -4.55. The lowest BCUT2D eigenvalue weighted by Crippen LogP contribution is -2.19. The maximum absolute atomic E-state index is 13.3. The van der Waals surface area contributed by atoms with Gasteiger partial charge in [0.25, 0.3) is 0 Å². The first kappa shape index (κ1) is 14.9. The molecule has 0 N–H and O–H groups in total. The maximum atomic E-state index is 13.3. The number of carbonyl (C=O) groups is 1. The van der Waals surface area contributed by atoms with E-state index in [1.807, 2.05) is 0 Å². The third-order valence-corrected chi connectivity index (χ3v) is 2.93. The van der Waals surface area contributed by atoms with Crippen molar-refractivity contribution in [1.29, 1.82) is 0 Å². The first-order valence-electron chi connectivity index (χ1n) is 4.83. The van der Waals surface area contributed by atoms with E-state index in [1.165, 1.54) is 0 Å². The standard InChI is InChI=1S/C11H9BrF4O2/c1-18-10(17)8(12)5-6-4-7(11(14,15)16)2-3-9(6)13/h2-4,8H,5H2,1H3. The largest absolute Gasteiger partial charge is 0.468 e. The Kier molecular flexibility index (Phi) is 4.72. The Hall–Kier alpha value is -1.11. The summed E-state index contributed by atoms with van der Waals surface area (Å²) in [6, 6.07) is 2.07. The number of alkyl halides is 4. The number of rotatable bonds is 3. The summed E-state index contributed by atoms with van der Waals surface area (Å²) in [6.07, 6.45) is -4.77. The molecule has 0 fully saturated rings. The van der Waals surface area contributed by atoms with Gasteiger partial charge in [0.2, 0.25) is 0 Å². The van der Waals surface area contributed by atoms with Gasteiger partial charge in [0, 0.05) is 0 Å². The second-order valence-electron chi connectivity index (χ2n) is 3.50. The van der Waals surface area contributed by atoms with Crippen molar-refractivity contribution < 1.29 is 27.1 Å². The topological polar surface area (TPSA) is 26.3 Å². The highest BCUT2D eigenvalue weighted by Gasteiger charge is 2.31. The van der Waals surface area contributed by atoms with Gasteiger partial charge in [-0.2, -0.15) is 13.2 Å². The summed E-state index contributed by atoms with van der Waals surface area (Å²) in [7, 11) is 1.14. The van der Waals surface area contributed by atoms with E-state index < -0.39 is 28.4 Å². The first-order valence-corrected chi connectivity index (χ1v) is 5.74. The molecular formula is C11H9BrF4O2.